The maximum atomic E-state index is 13.9. The lowest BCUT2D eigenvalue weighted by atomic mass is 9.89. The van der Waals surface area contributed by atoms with Gasteiger partial charge >= 0.3 is 0 Å². The number of thiazole rings is 1. The summed E-state index contributed by atoms with van der Waals surface area (Å²) in [5, 5.41) is 0. The average molecular weight is 397 g/mol. The topological polar surface area (TPSA) is 16.1 Å². The van der Waals surface area contributed by atoms with Gasteiger partial charge in [-0.25, -0.2) is 26.9 Å². The Bertz CT molecular complexity index is 966. The van der Waals surface area contributed by atoms with E-state index in [0.29, 0.717) is 25.9 Å². The highest BCUT2D eigenvalue weighted by Crippen LogP contribution is 2.33. The van der Waals surface area contributed by atoms with Crippen LogP contribution in [0.5, 0.6) is 0 Å². The van der Waals surface area contributed by atoms with Crippen molar-refractivity contribution in [2.24, 2.45) is 5.92 Å². The second-order valence-corrected chi connectivity index (χ2v) is 7.44. The molecule has 0 atom stereocenters. The second-order valence-electron chi connectivity index (χ2n) is 6.61. The lowest BCUT2D eigenvalue weighted by molar-refractivity contribution is 0.349. The van der Waals surface area contributed by atoms with E-state index >= 15 is 0 Å². The van der Waals surface area contributed by atoms with Crippen molar-refractivity contribution in [3.63, 3.8) is 0 Å². The summed E-state index contributed by atoms with van der Waals surface area (Å²) >= 11 is 1.43. The quantitative estimate of drug-likeness (QED) is 0.341. The van der Waals surface area contributed by atoms with Crippen LogP contribution < -0.4 is 4.90 Å². The molecule has 0 aliphatic carbocycles. The molecule has 0 bridgehead atoms. The monoisotopic (exact) mass is 397 g/mol. The molecule has 1 radical (unpaired) electrons. The third-order valence-electron chi connectivity index (χ3n) is 5.04. The zero-order valence-corrected chi connectivity index (χ0v) is 14.9. The van der Waals surface area contributed by atoms with Crippen LogP contribution in [0.15, 0.2) is 18.2 Å². The van der Waals surface area contributed by atoms with Crippen LogP contribution in [-0.4, -0.2) is 18.1 Å². The standard InChI is InChI=1S/C19H14F5N2S/c20-14-11(15(21)17(23)18(24)16(14)22)8-10-4-6-26(7-5-10)12-2-1-3-13-19(12)25-9-27-13/h1-3,10H,4-8H2. The number of para-hydroxylation sites is 1. The normalized spacial score (nSPS) is 15.7. The van der Waals surface area contributed by atoms with Gasteiger partial charge in [0, 0.05) is 18.7 Å². The van der Waals surface area contributed by atoms with E-state index in [4.69, 9.17) is 0 Å². The first kappa shape index (κ1) is 18.2. The van der Waals surface area contributed by atoms with Crippen molar-refractivity contribution in [1.29, 1.82) is 0 Å². The van der Waals surface area contributed by atoms with E-state index in [0.717, 1.165) is 15.9 Å². The summed E-state index contributed by atoms with van der Waals surface area (Å²) in [6.07, 6.45) is 1.00. The Labute approximate surface area is 156 Å². The van der Waals surface area contributed by atoms with E-state index in [1.165, 1.54) is 11.3 Å². The number of aromatic nitrogens is 1. The maximum absolute atomic E-state index is 13.9. The van der Waals surface area contributed by atoms with Gasteiger partial charge in [0.1, 0.15) is 5.52 Å². The number of halogens is 5. The highest BCUT2D eigenvalue weighted by atomic mass is 32.1. The molecular weight excluding hydrogens is 383 g/mol. The van der Waals surface area contributed by atoms with E-state index in [-0.39, 0.29) is 12.3 Å². The first-order valence-corrected chi connectivity index (χ1v) is 9.30. The maximum Gasteiger partial charge on any atom is 0.200 e. The van der Waals surface area contributed by atoms with E-state index in [2.05, 4.69) is 15.4 Å². The van der Waals surface area contributed by atoms with E-state index in [9.17, 15) is 22.0 Å². The van der Waals surface area contributed by atoms with E-state index in [1.54, 1.807) is 0 Å². The highest BCUT2D eigenvalue weighted by Gasteiger charge is 2.29. The van der Waals surface area contributed by atoms with Crippen molar-refractivity contribution in [3.8, 4) is 0 Å². The molecule has 2 nitrogen and oxygen atoms in total. The van der Waals surface area contributed by atoms with Crippen molar-refractivity contribution in [3.05, 3.63) is 58.4 Å². The van der Waals surface area contributed by atoms with Crippen molar-refractivity contribution in [1.82, 2.24) is 4.98 Å². The fourth-order valence-electron chi connectivity index (χ4n) is 3.57. The molecule has 0 N–H and O–H groups in total. The first-order chi connectivity index (χ1) is 13.0. The van der Waals surface area contributed by atoms with E-state index < -0.39 is 34.6 Å². The fourth-order valence-corrected chi connectivity index (χ4v) is 4.20. The van der Waals surface area contributed by atoms with Gasteiger partial charge in [0.15, 0.2) is 28.8 Å². The predicted molar refractivity (Wildman–Crippen MR) is 93.3 cm³/mol. The van der Waals surface area contributed by atoms with Gasteiger partial charge in [0.2, 0.25) is 5.82 Å². The summed E-state index contributed by atoms with van der Waals surface area (Å²) in [7, 11) is 0. The first-order valence-electron chi connectivity index (χ1n) is 8.48. The smallest absolute Gasteiger partial charge is 0.200 e. The number of benzene rings is 2. The van der Waals surface area contributed by atoms with Gasteiger partial charge in [-0.3, -0.25) is 0 Å². The number of hydrogen-bond donors (Lipinski definition) is 0. The Morgan fingerprint density at radius 3 is 2.26 bits per heavy atom. The largest absolute Gasteiger partial charge is 0.370 e. The van der Waals surface area contributed by atoms with Gasteiger partial charge in [-0.15, -0.1) is 11.3 Å². The van der Waals surface area contributed by atoms with Gasteiger partial charge in [-0.2, -0.15) is 0 Å². The fraction of sp³-hybridized carbons (Fsp3) is 0.316. The van der Waals surface area contributed by atoms with Crippen molar-refractivity contribution in [2.45, 2.75) is 19.3 Å². The summed E-state index contributed by atoms with van der Waals surface area (Å²) in [6.45, 7) is 1.24. The van der Waals surface area contributed by atoms with Crippen LogP contribution in [0.4, 0.5) is 27.6 Å². The lowest BCUT2D eigenvalue weighted by Gasteiger charge is -2.34. The molecule has 0 spiro atoms. The van der Waals surface area contributed by atoms with Crippen molar-refractivity contribution in [2.75, 3.05) is 18.0 Å². The second kappa shape index (κ2) is 7.07. The highest BCUT2D eigenvalue weighted by molar-refractivity contribution is 7.16. The summed E-state index contributed by atoms with van der Waals surface area (Å²) in [6, 6.07) is 5.85. The zero-order valence-electron chi connectivity index (χ0n) is 14.0. The van der Waals surface area contributed by atoms with Crippen LogP contribution in [0.25, 0.3) is 10.2 Å². The summed E-state index contributed by atoms with van der Waals surface area (Å²) < 4.78 is 68.8. The van der Waals surface area contributed by atoms with Gasteiger partial charge in [0.25, 0.3) is 0 Å². The van der Waals surface area contributed by atoms with Crippen molar-refractivity contribution >= 4 is 27.2 Å². The SMILES string of the molecule is Fc1c(F)c(F)c(CC2CCN(c3cccc4s[c]nc34)CC2)c(F)c1F. The van der Waals surface area contributed by atoms with Crippen LogP contribution in [0, 0.1) is 40.5 Å². The molecule has 1 aromatic heterocycles. The Morgan fingerprint density at radius 1 is 0.963 bits per heavy atom. The summed E-state index contributed by atoms with van der Waals surface area (Å²) in [4.78, 5) is 6.40. The lowest BCUT2D eigenvalue weighted by Crippen LogP contribution is -2.34. The molecule has 2 aromatic carbocycles. The molecule has 2 heterocycles. The molecule has 8 heteroatoms. The number of nitrogens with zero attached hydrogens (tertiary/aromatic N) is 2. The Balaban J connectivity index is 1.50. The Hall–Kier alpha value is -2.22. The van der Waals surface area contributed by atoms with E-state index in [1.807, 2.05) is 18.2 Å². The average Bonchev–Trinajstić information content (AvgIpc) is 3.18. The number of anilines is 1. The number of rotatable bonds is 3. The molecule has 0 saturated carbocycles. The molecular formula is C19H14F5N2S. The molecule has 3 aromatic rings. The molecule has 1 aliphatic heterocycles. The Morgan fingerprint density at radius 2 is 1.59 bits per heavy atom. The third kappa shape index (κ3) is 3.16. The van der Waals surface area contributed by atoms with Crippen LogP contribution in [-0.2, 0) is 6.42 Å². The predicted octanol–water partition coefficient (Wildman–Crippen LogP) is 5.25. The van der Waals surface area contributed by atoms with Gasteiger partial charge in [-0.1, -0.05) is 6.07 Å². The minimum Gasteiger partial charge on any atom is -0.370 e. The molecule has 1 saturated heterocycles. The molecule has 4 rings (SSSR count). The van der Waals surface area contributed by atoms with Crippen molar-refractivity contribution < 1.29 is 22.0 Å². The molecule has 1 aliphatic rings. The minimum absolute atomic E-state index is 0.157. The number of hydrogen-bond acceptors (Lipinski definition) is 3. The zero-order chi connectivity index (χ0) is 19.1. The molecule has 0 unspecified atom stereocenters. The number of fused-ring (bicyclic) bond motifs is 1. The molecule has 1 fully saturated rings. The Kier molecular flexibility index (Phi) is 4.75. The molecule has 0 amide bonds. The van der Waals surface area contributed by atoms with Crippen LogP contribution >= 0.6 is 11.3 Å². The third-order valence-corrected chi connectivity index (χ3v) is 5.77. The van der Waals surface area contributed by atoms with Crippen LogP contribution in [0.2, 0.25) is 0 Å². The van der Waals surface area contributed by atoms with Gasteiger partial charge < -0.3 is 4.90 Å². The van der Waals surface area contributed by atoms with Gasteiger partial charge in [-0.05, 0) is 37.3 Å². The molecule has 27 heavy (non-hydrogen) atoms. The molecule has 141 valence electrons. The van der Waals surface area contributed by atoms with Crippen LogP contribution in [0.3, 0.4) is 0 Å². The van der Waals surface area contributed by atoms with Crippen LogP contribution in [0.1, 0.15) is 18.4 Å². The van der Waals surface area contributed by atoms with Gasteiger partial charge in [0.05, 0.1) is 10.4 Å². The summed E-state index contributed by atoms with van der Waals surface area (Å²) in [5.41, 5.74) is 3.98. The number of piperidine rings is 1. The minimum atomic E-state index is -2.11. The summed E-state index contributed by atoms with van der Waals surface area (Å²) in [5.74, 6) is -9.48.